The number of nitrogens with one attached hydrogen (secondary N) is 1. The number of hydrogen-bond acceptors (Lipinski definition) is 9. The third-order valence-electron chi connectivity index (χ3n) is 4.63. The fourth-order valence-electron chi connectivity index (χ4n) is 3.04. The lowest BCUT2D eigenvalue weighted by molar-refractivity contribution is -0.428. The molecule has 0 bridgehead atoms. The quantitative estimate of drug-likeness (QED) is 0.129. The number of ether oxygens (including phenoxy) is 1. The Morgan fingerprint density at radius 2 is 2.07 bits per heavy atom. The molecular weight excluding hydrogens is 405 g/mol. The average Bonchev–Trinajstić information content (AvgIpc) is 2.86. The summed E-state index contributed by atoms with van der Waals surface area (Å²) in [5.41, 5.74) is -5.69. The number of nitrogens with zero attached hydrogens (tertiary/aromatic N) is 2. The summed E-state index contributed by atoms with van der Waals surface area (Å²) in [6.07, 6.45) is -4.26. The second kappa shape index (κ2) is 8.55. The highest BCUT2D eigenvalue weighted by Crippen LogP contribution is 2.44. The van der Waals surface area contributed by atoms with E-state index >= 15 is 0 Å². The summed E-state index contributed by atoms with van der Waals surface area (Å²) in [4.78, 5) is 25.3. The minimum atomic E-state index is -3.34. The van der Waals surface area contributed by atoms with Gasteiger partial charge in [0, 0.05) is 6.20 Å². The number of aromatic nitrogens is 2. The van der Waals surface area contributed by atoms with Crippen LogP contribution in [0.3, 0.4) is 0 Å². The van der Waals surface area contributed by atoms with Crippen molar-refractivity contribution in [3.63, 3.8) is 0 Å². The Morgan fingerprint density at radius 3 is 2.64 bits per heavy atom. The molecule has 1 unspecified atom stereocenters. The second-order valence-corrected chi connectivity index (χ2v) is 6.91. The van der Waals surface area contributed by atoms with Crippen molar-refractivity contribution in [3.05, 3.63) is 32.1 Å². The molecule has 0 saturated carbocycles. The van der Waals surface area contributed by atoms with Gasteiger partial charge in [-0.1, -0.05) is 31.4 Å². The Hall–Kier alpha value is -1.38. The predicted octanol–water partition coefficient (Wildman–Crippen LogP) is -1.20. The van der Waals surface area contributed by atoms with Crippen LogP contribution in [0, 0.1) is 0 Å². The van der Waals surface area contributed by atoms with E-state index < -0.39 is 53.0 Å². The maximum atomic E-state index is 14.5. The van der Waals surface area contributed by atoms with E-state index in [1.54, 1.807) is 4.98 Å². The van der Waals surface area contributed by atoms with Gasteiger partial charge in [0.15, 0.2) is 6.30 Å². The first-order chi connectivity index (χ1) is 13.0. The van der Waals surface area contributed by atoms with Crippen LogP contribution in [0.15, 0.2) is 15.8 Å². The van der Waals surface area contributed by atoms with Crippen LogP contribution >= 0.6 is 11.6 Å². The number of halogens is 2. The number of rotatable bonds is 8. The molecule has 2 heterocycles. The summed E-state index contributed by atoms with van der Waals surface area (Å²) < 4.78 is 19.7. The number of aliphatic hydroxyl groups excluding tert-OH is 2. The largest absolute Gasteiger partial charge is 0.394 e. The Bertz CT molecular complexity index is 806. The first-order valence-corrected chi connectivity index (χ1v) is 8.98. The number of aromatic amines is 1. The summed E-state index contributed by atoms with van der Waals surface area (Å²) in [5.74, 6) is -3.31. The van der Waals surface area contributed by atoms with Gasteiger partial charge >= 0.3 is 11.6 Å². The molecular formula is C15H23ClFN3O8. The zero-order valence-electron chi connectivity index (χ0n) is 15.0. The molecule has 2 rings (SSSR count). The summed E-state index contributed by atoms with van der Waals surface area (Å²) in [7, 11) is 0. The van der Waals surface area contributed by atoms with Crippen LogP contribution in [0.25, 0.3) is 0 Å². The van der Waals surface area contributed by atoms with E-state index in [2.05, 4.69) is 0 Å². The van der Waals surface area contributed by atoms with Gasteiger partial charge in [0.1, 0.15) is 17.2 Å². The summed E-state index contributed by atoms with van der Waals surface area (Å²) in [6, 6.07) is 0. The molecule has 1 aromatic heterocycles. The Labute approximate surface area is 163 Å². The van der Waals surface area contributed by atoms with Gasteiger partial charge < -0.3 is 30.4 Å². The number of hydrogen-bond donors (Lipinski definition) is 6. The molecule has 11 nitrogen and oxygen atoms in total. The molecule has 6 N–H and O–H groups in total. The summed E-state index contributed by atoms with van der Waals surface area (Å²) in [5, 5.41) is 50.8. The van der Waals surface area contributed by atoms with Crippen LogP contribution < -0.4 is 11.2 Å². The van der Waals surface area contributed by atoms with Crippen LogP contribution in [0.2, 0.25) is 5.02 Å². The van der Waals surface area contributed by atoms with Gasteiger partial charge in [-0.3, -0.25) is 9.78 Å². The van der Waals surface area contributed by atoms with Crippen molar-refractivity contribution in [1.29, 1.82) is 0 Å². The topological polar surface area (TPSA) is 168 Å². The third-order valence-corrected chi connectivity index (χ3v) is 4.89. The van der Waals surface area contributed by atoms with E-state index in [1.165, 1.54) is 0 Å². The monoisotopic (exact) mass is 427 g/mol. The molecule has 1 aliphatic heterocycles. The molecule has 1 aromatic rings. The molecule has 28 heavy (non-hydrogen) atoms. The lowest BCUT2D eigenvalue weighted by atomic mass is 10.00. The van der Waals surface area contributed by atoms with E-state index in [0.717, 1.165) is 6.42 Å². The van der Waals surface area contributed by atoms with Gasteiger partial charge in [0.25, 0.3) is 5.56 Å². The van der Waals surface area contributed by atoms with Crippen LogP contribution in [0.1, 0.15) is 32.6 Å². The number of H-pyrrole nitrogens is 1. The summed E-state index contributed by atoms with van der Waals surface area (Å²) >= 11 is 5.64. The van der Waals surface area contributed by atoms with E-state index in [-0.39, 0.29) is 16.1 Å². The standard InChI is InChI=1S/C15H23ClFN3O8/c1-2-3-4-5-10(17)20(27)14(25)11(22)9(7-21)28-15(14,26)19-6-8(16)12(23)18-13(19)24/h6,9-11,21-22,25-27H,2-5,7H2,1H3,(H,18,23,24)/t9-,10?,11-,14-,15+/m1/s1. The maximum Gasteiger partial charge on any atom is 0.332 e. The predicted molar refractivity (Wildman–Crippen MR) is 92.1 cm³/mol. The molecule has 5 atom stereocenters. The molecule has 0 amide bonds. The molecule has 1 saturated heterocycles. The number of unbranched alkanes of at least 4 members (excludes halogenated alkanes) is 2. The lowest BCUT2D eigenvalue weighted by Gasteiger charge is -2.43. The smallest absolute Gasteiger partial charge is 0.332 e. The lowest BCUT2D eigenvalue weighted by Crippen LogP contribution is -2.69. The van der Waals surface area contributed by atoms with Crippen LogP contribution in [-0.2, 0) is 10.6 Å². The zero-order chi connectivity index (χ0) is 21.3. The van der Waals surface area contributed by atoms with E-state index in [9.17, 15) is 39.6 Å². The van der Waals surface area contributed by atoms with Gasteiger partial charge in [0.05, 0.1) is 6.61 Å². The highest BCUT2D eigenvalue weighted by atomic mass is 35.5. The molecule has 1 aliphatic rings. The zero-order valence-corrected chi connectivity index (χ0v) is 15.7. The SMILES string of the molecule is CCCCCC(F)N(O)[C@@]1(O)[C@H](O)[C@@H](CO)O[C@]1(O)n1cc(Cl)c(=O)[nH]c1=O. The Balaban J connectivity index is 2.55. The van der Waals surface area contributed by atoms with Crippen LogP contribution in [-0.4, -0.2) is 71.1 Å². The van der Waals surface area contributed by atoms with E-state index in [4.69, 9.17) is 16.3 Å². The molecule has 0 spiro atoms. The number of aliphatic hydroxyl groups is 4. The number of hydroxylamine groups is 2. The van der Waals surface area contributed by atoms with Crippen molar-refractivity contribution < 1.29 is 34.8 Å². The molecule has 13 heteroatoms. The van der Waals surface area contributed by atoms with Crippen molar-refractivity contribution in [1.82, 2.24) is 14.6 Å². The van der Waals surface area contributed by atoms with Crippen LogP contribution in [0.5, 0.6) is 0 Å². The van der Waals surface area contributed by atoms with Crippen molar-refractivity contribution in [2.24, 2.45) is 0 Å². The van der Waals surface area contributed by atoms with E-state index in [1.807, 2.05) is 6.92 Å². The van der Waals surface area contributed by atoms with Gasteiger partial charge in [-0.05, 0) is 12.8 Å². The minimum Gasteiger partial charge on any atom is -0.394 e. The van der Waals surface area contributed by atoms with Gasteiger partial charge in [-0.15, -0.1) is 5.06 Å². The Kier molecular flexibility index (Phi) is 6.99. The third kappa shape index (κ3) is 3.62. The van der Waals surface area contributed by atoms with Crippen molar-refractivity contribution >= 4 is 11.6 Å². The first-order valence-electron chi connectivity index (χ1n) is 8.60. The molecule has 0 aliphatic carbocycles. The van der Waals surface area contributed by atoms with Crippen LogP contribution in [0.4, 0.5) is 4.39 Å². The van der Waals surface area contributed by atoms with Crippen molar-refractivity contribution in [3.8, 4) is 0 Å². The molecule has 1 fully saturated rings. The minimum absolute atomic E-state index is 0.178. The second-order valence-electron chi connectivity index (χ2n) is 6.50. The first kappa shape index (κ1) is 22.9. The average molecular weight is 428 g/mol. The fourth-order valence-corrected chi connectivity index (χ4v) is 3.19. The van der Waals surface area contributed by atoms with Gasteiger partial charge in [0.2, 0.25) is 5.72 Å². The molecule has 0 aromatic carbocycles. The highest BCUT2D eigenvalue weighted by Gasteiger charge is 2.71. The van der Waals surface area contributed by atoms with E-state index in [0.29, 0.717) is 19.0 Å². The van der Waals surface area contributed by atoms with Gasteiger partial charge in [-0.25, -0.2) is 13.8 Å². The van der Waals surface area contributed by atoms with Crippen molar-refractivity contribution in [2.75, 3.05) is 6.61 Å². The Morgan fingerprint density at radius 1 is 1.43 bits per heavy atom. The van der Waals surface area contributed by atoms with Crippen molar-refractivity contribution in [2.45, 2.75) is 62.7 Å². The maximum absolute atomic E-state index is 14.5. The summed E-state index contributed by atoms with van der Waals surface area (Å²) in [6.45, 7) is 0.904. The van der Waals surface area contributed by atoms with Gasteiger partial charge in [-0.2, -0.15) is 0 Å². The molecule has 160 valence electrons. The number of alkyl halides is 1. The molecule has 0 radical (unpaired) electrons. The fraction of sp³-hybridized carbons (Fsp3) is 0.733. The highest BCUT2D eigenvalue weighted by molar-refractivity contribution is 6.30. The normalized spacial score (nSPS) is 31.5.